The summed E-state index contributed by atoms with van der Waals surface area (Å²) in [5.41, 5.74) is 0.526. The third-order valence-electron chi connectivity index (χ3n) is 3.72. The molecular weight excluding hydrogens is 277 g/mol. The van der Waals surface area contributed by atoms with Crippen molar-refractivity contribution in [3.8, 4) is 0 Å². The number of nitrogens with one attached hydrogen (secondary N) is 1. The van der Waals surface area contributed by atoms with Crippen LogP contribution in [0.25, 0.3) is 0 Å². The lowest BCUT2D eigenvalue weighted by molar-refractivity contribution is -0.183. The molecule has 2 rings (SSSR count). The van der Waals surface area contributed by atoms with Crippen molar-refractivity contribution in [3.05, 3.63) is 35.4 Å². The fraction of sp³-hybridized carbons (Fsp3) is 0.571. The molecule has 0 amide bonds. The van der Waals surface area contributed by atoms with Gasteiger partial charge in [-0.15, -0.1) is 0 Å². The van der Waals surface area contributed by atoms with E-state index in [9.17, 15) is 22.0 Å². The molecule has 2 unspecified atom stereocenters. The third-order valence-corrected chi connectivity index (χ3v) is 3.72. The summed E-state index contributed by atoms with van der Waals surface area (Å²) in [5, 5.41) is 3.00. The zero-order chi connectivity index (χ0) is 14.8. The minimum atomic E-state index is -4.15. The second-order valence-electron chi connectivity index (χ2n) is 5.23. The average molecular weight is 293 g/mol. The largest absolute Gasteiger partial charge is 0.391 e. The predicted octanol–water partition coefficient (Wildman–Crippen LogP) is 4.18. The molecule has 1 fully saturated rings. The van der Waals surface area contributed by atoms with Crippen molar-refractivity contribution < 1.29 is 22.0 Å². The highest BCUT2D eigenvalue weighted by Gasteiger charge is 2.41. The van der Waals surface area contributed by atoms with Crippen LogP contribution in [0.1, 0.15) is 31.2 Å². The van der Waals surface area contributed by atoms with Gasteiger partial charge in [0.2, 0.25) is 0 Å². The van der Waals surface area contributed by atoms with Gasteiger partial charge < -0.3 is 5.32 Å². The van der Waals surface area contributed by atoms with E-state index in [2.05, 4.69) is 5.32 Å². The van der Waals surface area contributed by atoms with Crippen LogP contribution in [0.4, 0.5) is 22.0 Å². The number of rotatable bonds is 3. The molecule has 1 saturated carbocycles. The fourth-order valence-electron chi connectivity index (χ4n) is 2.58. The summed E-state index contributed by atoms with van der Waals surface area (Å²) in [6.07, 6.45) is -2.72. The van der Waals surface area contributed by atoms with Crippen molar-refractivity contribution in [1.29, 1.82) is 0 Å². The van der Waals surface area contributed by atoms with Crippen molar-refractivity contribution >= 4 is 0 Å². The molecule has 0 radical (unpaired) electrons. The minimum Gasteiger partial charge on any atom is -0.310 e. The van der Waals surface area contributed by atoms with Crippen LogP contribution in [0.5, 0.6) is 0 Å². The molecule has 6 heteroatoms. The Hall–Kier alpha value is -1.17. The van der Waals surface area contributed by atoms with E-state index in [4.69, 9.17) is 0 Å². The van der Waals surface area contributed by atoms with Gasteiger partial charge in [-0.1, -0.05) is 12.5 Å². The van der Waals surface area contributed by atoms with Crippen molar-refractivity contribution in [2.75, 3.05) is 0 Å². The molecule has 0 spiro atoms. The number of hydrogen-bond acceptors (Lipinski definition) is 1. The Balaban J connectivity index is 1.88. The zero-order valence-electron chi connectivity index (χ0n) is 10.8. The molecule has 112 valence electrons. The van der Waals surface area contributed by atoms with E-state index in [0.29, 0.717) is 18.4 Å². The minimum absolute atomic E-state index is 0.0488. The van der Waals surface area contributed by atoms with Crippen LogP contribution in [0.3, 0.4) is 0 Å². The summed E-state index contributed by atoms with van der Waals surface area (Å²) in [4.78, 5) is 0. The van der Waals surface area contributed by atoms with Crippen LogP contribution in [-0.2, 0) is 6.54 Å². The normalized spacial score (nSPS) is 23.9. The van der Waals surface area contributed by atoms with Gasteiger partial charge in [0, 0.05) is 12.6 Å². The first-order valence-corrected chi connectivity index (χ1v) is 6.60. The molecule has 0 aliphatic heterocycles. The van der Waals surface area contributed by atoms with Crippen molar-refractivity contribution in [1.82, 2.24) is 5.32 Å². The van der Waals surface area contributed by atoms with E-state index >= 15 is 0 Å². The molecule has 1 N–H and O–H groups in total. The Morgan fingerprint density at radius 1 is 1.10 bits per heavy atom. The number of halogens is 5. The van der Waals surface area contributed by atoms with Gasteiger partial charge in [0.25, 0.3) is 0 Å². The summed E-state index contributed by atoms with van der Waals surface area (Å²) in [5.74, 6) is -3.14. The Morgan fingerprint density at radius 3 is 2.50 bits per heavy atom. The molecule has 1 aromatic rings. The molecule has 1 aliphatic rings. The highest BCUT2D eigenvalue weighted by molar-refractivity contribution is 5.17. The molecule has 2 atom stereocenters. The Labute approximate surface area is 114 Å². The van der Waals surface area contributed by atoms with Gasteiger partial charge in [0.05, 0.1) is 5.92 Å². The van der Waals surface area contributed by atoms with Gasteiger partial charge in [-0.05, 0) is 37.0 Å². The van der Waals surface area contributed by atoms with Crippen LogP contribution < -0.4 is 5.32 Å². The van der Waals surface area contributed by atoms with Crippen LogP contribution >= 0.6 is 0 Å². The van der Waals surface area contributed by atoms with Gasteiger partial charge >= 0.3 is 6.18 Å². The Bertz CT molecular complexity index is 457. The fourth-order valence-corrected chi connectivity index (χ4v) is 2.58. The second kappa shape index (κ2) is 6.08. The van der Waals surface area contributed by atoms with Crippen LogP contribution in [0, 0.1) is 17.6 Å². The van der Waals surface area contributed by atoms with E-state index in [1.807, 2.05) is 0 Å². The van der Waals surface area contributed by atoms with Gasteiger partial charge in [-0.3, -0.25) is 0 Å². The quantitative estimate of drug-likeness (QED) is 0.825. The standard InChI is InChI=1S/C14H16F5N/c15-12-5-4-9(6-13(12)16)8-20-11-3-1-2-10(7-11)14(17,18)19/h4-6,10-11,20H,1-3,7-8H2. The van der Waals surface area contributed by atoms with Gasteiger partial charge in [0.15, 0.2) is 11.6 Å². The zero-order valence-corrected chi connectivity index (χ0v) is 10.8. The molecule has 0 heterocycles. The predicted molar refractivity (Wildman–Crippen MR) is 65.0 cm³/mol. The maximum absolute atomic E-state index is 13.0. The van der Waals surface area contributed by atoms with Crippen molar-refractivity contribution in [2.24, 2.45) is 5.92 Å². The molecule has 0 aromatic heterocycles. The average Bonchev–Trinajstić information content (AvgIpc) is 2.39. The second-order valence-corrected chi connectivity index (χ2v) is 5.23. The summed E-state index contributed by atoms with van der Waals surface area (Å²) in [7, 11) is 0. The Morgan fingerprint density at radius 2 is 1.85 bits per heavy atom. The van der Waals surface area contributed by atoms with E-state index in [1.165, 1.54) is 6.07 Å². The maximum Gasteiger partial charge on any atom is 0.391 e. The molecule has 20 heavy (non-hydrogen) atoms. The lowest BCUT2D eigenvalue weighted by atomic mass is 9.85. The summed E-state index contributed by atoms with van der Waals surface area (Å²) < 4.78 is 63.7. The number of alkyl halides is 3. The summed E-state index contributed by atoms with van der Waals surface area (Å²) in [6, 6.07) is 3.27. The van der Waals surface area contributed by atoms with Gasteiger partial charge in [-0.25, -0.2) is 8.78 Å². The number of benzene rings is 1. The smallest absolute Gasteiger partial charge is 0.310 e. The molecular formula is C14H16F5N. The van der Waals surface area contributed by atoms with Crippen LogP contribution in [0.15, 0.2) is 18.2 Å². The van der Waals surface area contributed by atoms with E-state index in [1.54, 1.807) is 0 Å². The third kappa shape index (κ3) is 3.91. The van der Waals surface area contributed by atoms with Gasteiger partial charge in [-0.2, -0.15) is 13.2 Å². The molecule has 0 saturated heterocycles. The first-order chi connectivity index (χ1) is 9.36. The molecule has 1 aromatic carbocycles. The summed E-state index contributed by atoms with van der Waals surface area (Å²) in [6.45, 7) is 0.243. The van der Waals surface area contributed by atoms with Crippen LogP contribution in [0.2, 0.25) is 0 Å². The number of hydrogen-bond donors (Lipinski definition) is 1. The molecule has 1 aliphatic carbocycles. The SMILES string of the molecule is Fc1ccc(CNC2CCCC(C(F)(F)F)C2)cc1F. The first-order valence-electron chi connectivity index (χ1n) is 6.60. The summed E-state index contributed by atoms with van der Waals surface area (Å²) >= 11 is 0. The van der Waals surface area contributed by atoms with E-state index < -0.39 is 23.7 Å². The first kappa shape index (κ1) is 15.2. The molecule has 1 nitrogen and oxygen atoms in total. The monoisotopic (exact) mass is 293 g/mol. The lowest BCUT2D eigenvalue weighted by Crippen LogP contribution is -2.38. The lowest BCUT2D eigenvalue weighted by Gasteiger charge is -2.31. The topological polar surface area (TPSA) is 12.0 Å². The molecule has 0 bridgehead atoms. The van der Waals surface area contributed by atoms with Gasteiger partial charge in [0.1, 0.15) is 0 Å². The Kier molecular flexibility index (Phi) is 4.62. The highest BCUT2D eigenvalue weighted by atomic mass is 19.4. The maximum atomic E-state index is 13.0. The van der Waals surface area contributed by atoms with Crippen molar-refractivity contribution in [3.63, 3.8) is 0 Å². The van der Waals surface area contributed by atoms with E-state index in [-0.39, 0.29) is 25.4 Å². The van der Waals surface area contributed by atoms with E-state index in [0.717, 1.165) is 12.1 Å². The van der Waals surface area contributed by atoms with Crippen LogP contribution in [-0.4, -0.2) is 12.2 Å². The highest BCUT2D eigenvalue weighted by Crippen LogP contribution is 2.37. The van der Waals surface area contributed by atoms with Crippen molar-refractivity contribution in [2.45, 2.75) is 44.4 Å².